The molecule has 0 radical (unpaired) electrons. The van der Waals surface area contributed by atoms with E-state index in [-0.39, 0.29) is 18.3 Å². The number of nitrogens with zero attached hydrogens (tertiary/aromatic N) is 3. The van der Waals surface area contributed by atoms with Crippen molar-refractivity contribution in [2.75, 3.05) is 11.9 Å². The third-order valence-corrected chi connectivity index (χ3v) is 5.20. The highest BCUT2D eigenvalue weighted by Gasteiger charge is 2.20. The molecule has 0 fully saturated rings. The van der Waals surface area contributed by atoms with Crippen LogP contribution in [0.2, 0.25) is 0 Å². The molecular formula is C24H22N4O3. The molecule has 156 valence electrons. The zero-order valence-electron chi connectivity index (χ0n) is 17.0. The molecule has 4 aromatic rings. The van der Waals surface area contributed by atoms with E-state index in [2.05, 4.69) is 4.98 Å². The number of carbonyl (C=O) groups excluding carboxylic acids is 2. The molecule has 7 nitrogen and oxygen atoms in total. The Bertz CT molecular complexity index is 1240. The van der Waals surface area contributed by atoms with Crippen molar-refractivity contribution < 1.29 is 14.7 Å². The summed E-state index contributed by atoms with van der Waals surface area (Å²) in [6.07, 6.45) is -0.835. The second-order valence-electron chi connectivity index (χ2n) is 7.24. The van der Waals surface area contributed by atoms with E-state index < -0.39 is 12.0 Å². The van der Waals surface area contributed by atoms with E-state index in [0.717, 1.165) is 5.56 Å². The lowest BCUT2D eigenvalue weighted by Crippen LogP contribution is -2.26. The van der Waals surface area contributed by atoms with Gasteiger partial charge < -0.3 is 20.3 Å². The van der Waals surface area contributed by atoms with Crippen LogP contribution in [0, 0.1) is 0 Å². The number of anilines is 1. The van der Waals surface area contributed by atoms with Crippen LogP contribution in [0.25, 0.3) is 11.0 Å². The number of carbonyl (C=O) groups is 2. The molecular weight excluding hydrogens is 392 g/mol. The Morgan fingerprint density at radius 1 is 1.03 bits per heavy atom. The molecule has 7 heteroatoms. The number of imidazole rings is 1. The Labute approximate surface area is 179 Å². The van der Waals surface area contributed by atoms with Crippen LogP contribution in [0.15, 0.2) is 78.9 Å². The second kappa shape index (κ2) is 8.41. The summed E-state index contributed by atoms with van der Waals surface area (Å²) in [7, 11) is 1.68. The van der Waals surface area contributed by atoms with Crippen molar-refractivity contribution in [1.29, 1.82) is 0 Å². The largest absolute Gasteiger partial charge is 0.387 e. The first-order chi connectivity index (χ1) is 15.0. The molecule has 3 N–H and O–H groups in total. The predicted molar refractivity (Wildman–Crippen MR) is 119 cm³/mol. The van der Waals surface area contributed by atoms with Gasteiger partial charge >= 0.3 is 0 Å². The average Bonchev–Trinajstić information content (AvgIpc) is 3.17. The second-order valence-corrected chi connectivity index (χ2v) is 7.24. The monoisotopic (exact) mass is 414 g/mol. The number of amides is 2. The normalized spacial score (nSPS) is 11.9. The van der Waals surface area contributed by atoms with E-state index >= 15 is 0 Å². The van der Waals surface area contributed by atoms with Crippen LogP contribution in [0.1, 0.15) is 32.6 Å². The van der Waals surface area contributed by atoms with Crippen LogP contribution in [0.3, 0.4) is 0 Å². The van der Waals surface area contributed by atoms with Gasteiger partial charge in [0.2, 0.25) is 0 Å². The van der Waals surface area contributed by atoms with Crippen molar-refractivity contribution in [2.24, 2.45) is 5.73 Å². The molecule has 0 spiro atoms. The predicted octanol–water partition coefficient (Wildman–Crippen LogP) is 3.15. The Morgan fingerprint density at radius 2 is 1.68 bits per heavy atom. The maximum Gasteiger partial charge on any atom is 0.284 e. The number of rotatable bonds is 6. The molecule has 0 saturated heterocycles. The SMILES string of the molecule is CN(C(=O)c1ccccc1)c1ccc2c(c1)nc(C(N)=O)n2C[C@@H](O)c1ccccc1. The molecule has 0 bridgehead atoms. The lowest BCUT2D eigenvalue weighted by Gasteiger charge is -2.18. The van der Waals surface area contributed by atoms with Crippen LogP contribution in [-0.4, -0.2) is 33.5 Å². The summed E-state index contributed by atoms with van der Waals surface area (Å²) >= 11 is 0. The first kappa shape index (κ1) is 20.3. The fourth-order valence-electron chi connectivity index (χ4n) is 3.54. The zero-order valence-corrected chi connectivity index (χ0v) is 17.0. The molecule has 3 aromatic carbocycles. The summed E-state index contributed by atoms with van der Waals surface area (Å²) < 4.78 is 1.61. The fraction of sp³-hybridized carbons (Fsp3) is 0.125. The lowest BCUT2D eigenvalue weighted by atomic mass is 10.1. The minimum atomic E-state index is -0.835. The van der Waals surface area contributed by atoms with Gasteiger partial charge in [-0.15, -0.1) is 0 Å². The molecule has 0 aliphatic rings. The number of aromatic nitrogens is 2. The van der Waals surface area contributed by atoms with E-state index in [4.69, 9.17) is 5.73 Å². The molecule has 1 aromatic heterocycles. The minimum Gasteiger partial charge on any atom is -0.387 e. The third-order valence-electron chi connectivity index (χ3n) is 5.20. The van der Waals surface area contributed by atoms with Gasteiger partial charge in [0.25, 0.3) is 11.8 Å². The van der Waals surface area contributed by atoms with Gasteiger partial charge in [0, 0.05) is 18.3 Å². The number of aliphatic hydroxyl groups is 1. The number of nitrogens with two attached hydrogens (primary N) is 1. The number of hydrogen-bond donors (Lipinski definition) is 2. The molecule has 0 aliphatic carbocycles. The standard InChI is InChI=1S/C24H22N4O3/c1-27(24(31)17-10-6-3-7-11-17)18-12-13-20-19(14-18)26-23(22(25)30)28(20)15-21(29)16-8-4-2-5-9-16/h2-14,21,29H,15H2,1H3,(H2,25,30)/t21-/m1/s1. The molecule has 2 amide bonds. The molecule has 0 saturated carbocycles. The Hall–Kier alpha value is -3.97. The first-order valence-electron chi connectivity index (χ1n) is 9.82. The van der Waals surface area contributed by atoms with Gasteiger partial charge in [-0.2, -0.15) is 0 Å². The molecule has 31 heavy (non-hydrogen) atoms. The maximum absolute atomic E-state index is 12.8. The van der Waals surface area contributed by atoms with Gasteiger partial charge in [0.1, 0.15) is 0 Å². The summed E-state index contributed by atoms with van der Waals surface area (Å²) in [6.45, 7) is 0.122. The smallest absolute Gasteiger partial charge is 0.284 e. The van der Waals surface area contributed by atoms with Gasteiger partial charge in [-0.3, -0.25) is 9.59 Å². The van der Waals surface area contributed by atoms with Crippen molar-refractivity contribution in [2.45, 2.75) is 12.6 Å². The Kier molecular flexibility index (Phi) is 5.51. The summed E-state index contributed by atoms with van der Waals surface area (Å²) in [4.78, 5) is 30.7. The van der Waals surface area contributed by atoms with Gasteiger partial charge in [-0.25, -0.2) is 4.98 Å². The minimum absolute atomic E-state index is 0.0548. The van der Waals surface area contributed by atoms with Gasteiger partial charge in [-0.1, -0.05) is 48.5 Å². The highest BCUT2D eigenvalue weighted by Crippen LogP contribution is 2.26. The van der Waals surface area contributed by atoms with Crippen molar-refractivity contribution in [3.8, 4) is 0 Å². The van der Waals surface area contributed by atoms with Crippen LogP contribution >= 0.6 is 0 Å². The third kappa shape index (κ3) is 4.04. The maximum atomic E-state index is 12.8. The lowest BCUT2D eigenvalue weighted by molar-refractivity contribution is 0.0976. The Morgan fingerprint density at radius 3 is 2.32 bits per heavy atom. The Balaban J connectivity index is 1.69. The van der Waals surface area contributed by atoms with Crippen molar-refractivity contribution in [3.05, 3.63) is 95.8 Å². The molecule has 0 aliphatic heterocycles. The van der Waals surface area contributed by atoms with Crippen LogP contribution in [-0.2, 0) is 6.54 Å². The molecule has 1 atom stereocenters. The average molecular weight is 414 g/mol. The van der Waals surface area contributed by atoms with Crippen LogP contribution < -0.4 is 10.6 Å². The number of aliphatic hydroxyl groups excluding tert-OH is 1. The van der Waals surface area contributed by atoms with Gasteiger partial charge in [-0.05, 0) is 35.9 Å². The number of primary amides is 1. The van der Waals surface area contributed by atoms with Gasteiger partial charge in [0.05, 0.1) is 23.7 Å². The van der Waals surface area contributed by atoms with Crippen LogP contribution in [0.4, 0.5) is 5.69 Å². The van der Waals surface area contributed by atoms with E-state index in [0.29, 0.717) is 22.3 Å². The quantitative estimate of drug-likeness (QED) is 0.506. The first-order valence-corrected chi connectivity index (χ1v) is 9.82. The van der Waals surface area contributed by atoms with E-state index in [9.17, 15) is 14.7 Å². The number of fused-ring (bicyclic) bond motifs is 1. The number of benzene rings is 3. The fourth-order valence-corrected chi connectivity index (χ4v) is 3.54. The van der Waals surface area contributed by atoms with Crippen molar-refractivity contribution in [3.63, 3.8) is 0 Å². The summed E-state index contributed by atoms with van der Waals surface area (Å²) in [5.74, 6) is -0.792. The summed E-state index contributed by atoms with van der Waals surface area (Å²) in [6, 6.07) is 23.4. The highest BCUT2D eigenvalue weighted by atomic mass is 16.3. The van der Waals surface area contributed by atoms with E-state index in [1.807, 2.05) is 48.5 Å². The molecule has 1 heterocycles. The topological polar surface area (TPSA) is 101 Å². The van der Waals surface area contributed by atoms with Gasteiger partial charge in [0.15, 0.2) is 5.82 Å². The summed E-state index contributed by atoms with van der Waals surface area (Å²) in [5, 5.41) is 10.6. The summed E-state index contributed by atoms with van der Waals surface area (Å²) in [5.41, 5.74) is 8.63. The van der Waals surface area contributed by atoms with Crippen LogP contribution in [0.5, 0.6) is 0 Å². The molecule has 4 rings (SSSR count). The van der Waals surface area contributed by atoms with Crippen molar-refractivity contribution >= 4 is 28.5 Å². The van der Waals surface area contributed by atoms with Crippen molar-refractivity contribution in [1.82, 2.24) is 9.55 Å². The number of hydrogen-bond acceptors (Lipinski definition) is 4. The van der Waals surface area contributed by atoms with E-state index in [1.165, 1.54) is 4.90 Å². The van der Waals surface area contributed by atoms with E-state index in [1.54, 1.807) is 41.9 Å². The molecule has 0 unspecified atom stereocenters. The highest BCUT2D eigenvalue weighted by molar-refractivity contribution is 6.06. The zero-order chi connectivity index (χ0) is 22.0.